The molecule has 1 spiro atoms. The lowest BCUT2D eigenvalue weighted by Gasteiger charge is -2.47. The van der Waals surface area contributed by atoms with Crippen LogP contribution in [0.5, 0.6) is 17.2 Å². The number of anilines is 2. The number of piperidine rings is 1. The Morgan fingerprint density at radius 1 is 0.978 bits per heavy atom. The summed E-state index contributed by atoms with van der Waals surface area (Å²) in [6.07, 6.45) is 4.86. The fraction of sp³-hybridized carbons (Fsp3) is 0.343. The maximum Gasteiger partial charge on any atom is 0.323 e. The van der Waals surface area contributed by atoms with Gasteiger partial charge in [-0.3, -0.25) is 9.78 Å². The first-order valence-corrected chi connectivity index (χ1v) is 15.3. The van der Waals surface area contributed by atoms with E-state index in [9.17, 15) is 14.0 Å². The van der Waals surface area contributed by atoms with Crippen LogP contribution in [0.1, 0.15) is 36.8 Å². The van der Waals surface area contributed by atoms with Gasteiger partial charge in [0.15, 0.2) is 0 Å². The number of aromatic nitrogens is 1. The second kappa shape index (κ2) is 13.1. The molecule has 45 heavy (non-hydrogen) atoms. The molecular formula is C35H37FN4O5. The van der Waals surface area contributed by atoms with Crippen molar-refractivity contribution in [3.05, 3.63) is 83.8 Å². The maximum atomic E-state index is 14.0. The van der Waals surface area contributed by atoms with E-state index in [1.54, 1.807) is 48.7 Å². The number of urea groups is 1. The van der Waals surface area contributed by atoms with E-state index >= 15 is 0 Å². The van der Waals surface area contributed by atoms with Crippen LogP contribution in [0.2, 0.25) is 0 Å². The zero-order valence-electron chi connectivity index (χ0n) is 25.5. The van der Waals surface area contributed by atoms with Crippen molar-refractivity contribution in [2.45, 2.75) is 39.5 Å². The normalized spacial score (nSPS) is 15.4. The molecule has 0 radical (unpaired) electrons. The molecular weight excluding hydrogens is 575 g/mol. The number of amides is 3. The summed E-state index contributed by atoms with van der Waals surface area (Å²) in [7, 11) is 0. The smallest absolute Gasteiger partial charge is 0.323 e. The zero-order chi connectivity index (χ0) is 31.4. The molecule has 4 aromatic rings. The summed E-state index contributed by atoms with van der Waals surface area (Å²) in [5, 5.41) is 6.06. The number of fused-ring (bicyclic) bond motifs is 1. The minimum atomic E-state index is -0.548. The van der Waals surface area contributed by atoms with Gasteiger partial charge < -0.3 is 29.7 Å². The Kier molecular flexibility index (Phi) is 8.84. The van der Waals surface area contributed by atoms with Crippen LogP contribution in [0.3, 0.4) is 0 Å². The molecule has 0 atom stereocenters. The molecule has 0 saturated carbocycles. The van der Waals surface area contributed by atoms with Crippen molar-refractivity contribution < 1.29 is 28.2 Å². The van der Waals surface area contributed by atoms with E-state index in [1.165, 1.54) is 6.07 Å². The second-order valence-corrected chi connectivity index (χ2v) is 12.0. The molecule has 2 N–H and O–H groups in total. The highest BCUT2D eigenvalue weighted by Crippen LogP contribution is 2.38. The van der Waals surface area contributed by atoms with Gasteiger partial charge in [-0.2, -0.15) is 0 Å². The summed E-state index contributed by atoms with van der Waals surface area (Å²) in [6, 6.07) is 16.5. The van der Waals surface area contributed by atoms with E-state index in [-0.39, 0.29) is 11.6 Å². The lowest BCUT2D eigenvalue weighted by Crippen LogP contribution is -2.52. The molecule has 10 heteroatoms. The van der Waals surface area contributed by atoms with Crippen molar-refractivity contribution in [3.8, 4) is 17.2 Å². The highest BCUT2D eigenvalue weighted by molar-refractivity contribution is 5.99. The van der Waals surface area contributed by atoms with Crippen molar-refractivity contribution in [1.29, 1.82) is 0 Å². The Labute approximate surface area is 261 Å². The zero-order valence-corrected chi connectivity index (χ0v) is 25.5. The molecule has 3 aromatic carbocycles. The average molecular weight is 613 g/mol. The van der Waals surface area contributed by atoms with E-state index < -0.39 is 11.8 Å². The topological polar surface area (TPSA) is 102 Å². The number of likely N-dealkylation sites (tertiary alicyclic amines) is 1. The number of rotatable bonds is 9. The summed E-state index contributed by atoms with van der Waals surface area (Å²) in [4.78, 5) is 31.6. The maximum absolute atomic E-state index is 14.0. The SMILES string of the molecule is Cc1ccc(F)c(NC(=O)Nc2ccc(Oc3ccnc4cc(OCCCC(=O)N5CCC6(CC5)COC6)c(C)cc34)cc2)c1. The third-order valence-electron chi connectivity index (χ3n) is 8.49. The number of carbonyl (C=O) groups is 2. The number of benzene rings is 3. The number of ether oxygens (including phenoxy) is 3. The van der Waals surface area contributed by atoms with Crippen LogP contribution < -0.4 is 20.1 Å². The highest BCUT2D eigenvalue weighted by atomic mass is 19.1. The van der Waals surface area contributed by atoms with Gasteiger partial charge in [0.05, 0.1) is 31.0 Å². The van der Waals surface area contributed by atoms with Gasteiger partial charge in [-0.05, 0) is 92.8 Å². The summed E-state index contributed by atoms with van der Waals surface area (Å²) in [5.41, 5.74) is 3.46. The van der Waals surface area contributed by atoms with E-state index in [0.29, 0.717) is 42.0 Å². The van der Waals surface area contributed by atoms with Crippen molar-refractivity contribution in [1.82, 2.24) is 9.88 Å². The van der Waals surface area contributed by atoms with Gasteiger partial charge in [-0.1, -0.05) is 6.07 Å². The second-order valence-electron chi connectivity index (χ2n) is 12.0. The average Bonchev–Trinajstić information content (AvgIpc) is 3.01. The van der Waals surface area contributed by atoms with Gasteiger partial charge in [0.1, 0.15) is 23.1 Å². The van der Waals surface area contributed by atoms with Crippen molar-refractivity contribution in [2.75, 3.05) is 43.5 Å². The molecule has 234 valence electrons. The van der Waals surface area contributed by atoms with Gasteiger partial charge in [0.2, 0.25) is 5.91 Å². The summed E-state index contributed by atoms with van der Waals surface area (Å²) >= 11 is 0. The van der Waals surface area contributed by atoms with Crippen LogP contribution in [0.25, 0.3) is 10.9 Å². The van der Waals surface area contributed by atoms with Crippen LogP contribution in [-0.2, 0) is 9.53 Å². The molecule has 3 amide bonds. The van der Waals surface area contributed by atoms with E-state index in [1.807, 2.05) is 30.9 Å². The molecule has 6 rings (SSSR count). The molecule has 0 unspecified atom stereocenters. The van der Waals surface area contributed by atoms with Crippen molar-refractivity contribution in [3.63, 3.8) is 0 Å². The fourth-order valence-electron chi connectivity index (χ4n) is 5.73. The predicted molar refractivity (Wildman–Crippen MR) is 171 cm³/mol. The number of halogens is 1. The Balaban J connectivity index is 1.01. The Bertz CT molecular complexity index is 1700. The minimum absolute atomic E-state index is 0.113. The van der Waals surface area contributed by atoms with Crippen LogP contribution in [0.15, 0.2) is 66.9 Å². The first kappa shape index (κ1) is 30.3. The van der Waals surface area contributed by atoms with E-state index in [0.717, 1.165) is 66.9 Å². The molecule has 0 aliphatic carbocycles. The minimum Gasteiger partial charge on any atom is -0.493 e. The third kappa shape index (κ3) is 7.17. The lowest BCUT2D eigenvalue weighted by molar-refractivity contribution is -0.153. The number of nitrogens with one attached hydrogen (secondary N) is 2. The Hall–Kier alpha value is -4.70. The number of aryl methyl sites for hydroxylation is 2. The first-order valence-electron chi connectivity index (χ1n) is 15.3. The monoisotopic (exact) mass is 612 g/mol. The van der Waals surface area contributed by atoms with Crippen LogP contribution >= 0.6 is 0 Å². The largest absolute Gasteiger partial charge is 0.493 e. The van der Waals surface area contributed by atoms with Gasteiger partial charge in [0.25, 0.3) is 0 Å². The quantitative estimate of drug-likeness (QED) is 0.194. The number of carbonyl (C=O) groups excluding carboxylic acids is 2. The number of pyridine rings is 1. The molecule has 3 heterocycles. The highest BCUT2D eigenvalue weighted by Gasteiger charge is 2.41. The molecule has 1 aromatic heterocycles. The standard InChI is InChI=1S/C35H37FN4O5/c1-23-5-10-28(36)30(18-23)39-34(42)38-25-6-8-26(9-7-25)45-31-11-14-37-29-20-32(24(2)19-27(29)31)44-17-3-4-33(41)40-15-12-35(13-16-40)21-43-22-35/h5-11,14,18-20H,3-4,12-13,15-17,21-22H2,1-2H3,(H2,38,39,42). The molecule has 2 saturated heterocycles. The molecule has 9 nitrogen and oxygen atoms in total. The third-order valence-corrected chi connectivity index (χ3v) is 8.49. The number of hydrogen-bond acceptors (Lipinski definition) is 6. The van der Waals surface area contributed by atoms with Crippen LogP contribution in [0.4, 0.5) is 20.6 Å². The number of hydrogen-bond donors (Lipinski definition) is 2. The molecule has 2 aliphatic rings. The lowest BCUT2D eigenvalue weighted by atomic mass is 9.77. The molecule has 2 aliphatic heterocycles. The van der Waals surface area contributed by atoms with Gasteiger partial charge in [0, 0.05) is 48.3 Å². The summed E-state index contributed by atoms with van der Waals surface area (Å²) in [6.45, 7) is 7.54. The molecule has 0 bridgehead atoms. The van der Waals surface area contributed by atoms with Crippen LogP contribution in [0, 0.1) is 25.1 Å². The summed E-state index contributed by atoms with van der Waals surface area (Å²) in [5.74, 6) is 1.62. The number of nitrogens with zero attached hydrogens (tertiary/aromatic N) is 2. The van der Waals surface area contributed by atoms with Crippen molar-refractivity contribution >= 4 is 34.2 Å². The first-order chi connectivity index (χ1) is 21.8. The van der Waals surface area contributed by atoms with E-state index in [4.69, 9.17) is 14.2 Å². The van der Waals surface area contributed by atoms with Gasteiger partial charge in [-0.25, -0.2) is 9.18 Å². The Morgan fingerprint density at radius 3 is 2.49 bits per heavy atom. The van der Waals surface area contributed by atoms with Gasteiger partial charge in [-0.15, -0.1) is 0 Å². The predicted octanol–water partition coefficient (Wildman–Crippen LogP) is 7.23. The van der Waals surface area contributed by atoms with Crippen molar-refractivity contribution in [2.24, 2.45) is 5.41 Å². The Morgan fingerprint density at radius 2 is 1.76 bits per heavy atom. The van der Waals surface area contributed by atoms with Crippen LogP contribution in [-0.4, -0.2) is 54.7 Å². The fourth-order valence-corrected chi connectivity index (χ4v) is 5.73. The summed E-state index contributed by atoms with van der Waals surface area (Å²) < 4.78 is 31.6. The van der Waals surface area contributed by atoms with E-state index in [2.05, 4.69) is 15.6 Å². The van der Waals surface area contributed by atoms with Gasteiger partial charge >= 0.3 is 6.03 Å². The molecule has 2 fully saturated rings.